The molecule has 1 aromatic heterocycles. The van der Waals surface area contributed by atoms with Gasteiger partial charge in [0.15, 0.2) is 6.10 Å². The van der Waals surface area contributed by atoms with Crippen molar-refractivity contribution in [2.45, 2.75) is 26.9 Å². The summed E-state index contributed by atoms with van der Waals surface area (Å²) in [6.45, 7) is 4.54. The third kappa shape index (κ3) is 4.26. The molecule has 2 rings (SSSR count). The molecule has 0 saturated heterocycles. The first-order valence-electron chi connectivity index (χ1n) is 6.93. The van der Waals surface area contributed by atoms with Gasteiger partial charge in [-0.3, -0.25) is 9.59 Å². The first-order chi connectivity index (χ1) is 10.9. The molecule has 0 aliphatic carbocycles. The number of aromatic nitrogens is 1. The summed E-state index contributed by atoms with van der Waals surface area (Å²) < 4.78 is 9.86. The van der Waals surface area contributed by atoms with Gasteiger partial charge in [-0.1, -0.05) is 5.16 Å². The van der Waals surface area contributed by atoms with E-state index in [-0.39, 0.29) is 17.5 Å². The summed E-state index contributed by atoms with van der Waals surface area (Å²) in [5.41, 5.74) is 1.49. The predicted molar refractivity (Wildman–Crippen MR) is 81.2 cm³/mol. The van der Waals surface area contributed by atoms with Crippen LogP contribution in [0, 0.1) is 6.92 Å². The van der Waals surface area contributed by atoms with E-state index >= 15 is 0 Å². The van der Waals surface area contributed by atoms with Crippen LogP contribution in [0.15, 0.2) is 34.9 Å². The fourth-order valence-electron chi connectivity index (χ4n) is 1.89. The number of hydrogen-bond acceptors (Lipinski definition) is 6. The van der Waals surface area contributed by atoms with Gasteiger partial charge in [0.25, 0.3) is 0 Å². The summed E-state index contributed by atoms with van der Waals surface area (Å²) in [6, 6.07) is 7.74. The van der Waals surface area contributed by atoms with Crippen LogP contribution in [0.5, 0.6) is 0 Å². The van der Waals surface area contributed by atoms with Gasteiger partial charge in [0.05, 0.1) is 5.69 Å². The second-order valence-electron chi connectivity index (χ2n) is 5.00. The van der Waals surface area contributed by atoms with Crippen molar-refractivity contribution in [3.63, 3.8) is 0 Å². The Morgan fingerprint density at radius 1 is 1.22 bits per heavy atom. The van der Waals surface area contributed by atoms with Crippen LogP contribution in [0.25, 0.3) is 0 Å². The molecule has 1 amide bonds. The number of esters is 1. The zero-order chi connectivity index (χ0) is 17.0. The molecule has 0 bridgehead atoms. The molecule has 1 N–H and O–H groups in total. The number of benzene rings is 1. The highest BCUT2D eigenvalue weighted by Crippen LogP contribution is 2.14. The summed E-state index contributed by atoms with van der Waals surface area (Å²) in [4.78, 5) is 35.0. The second kappa shape index (κ2) is 6.87. The number of Topliss-reactive ketones (excluding diaryl/α,β-unsaturated/α-hetero) is 1. The minimum atomic E-state index is -0.973. The van der Waals surface area contributed by atoms with E-state index in [1.165, 1.54) is 19.9 Å². The monoisotopic (exact) mass is 316 g/mol. The number of ether oxygens (including phenoxy) is 1. The van der Waals surface area contributed by atoms with Crippen molar-refractivity contribution in [2.24, 2.45) is 0 Å². The Labute approximate surface area is 132 Å². The van der Waals surface area contributed by atoms with Gasteiger partial charge in [0.2, 0.25) is 17.5 Å². The molecule has 0 radical (unpaired) electrons. The lowest BCUT2D eigenvalue weighted by Gasteiger charge is -2.11. The first-order valence-corrected chi connectivity index (χ1v) is 6.93. The number of amides is 1. The standard InChI is InChI=1S/C16H16N2O5/c1-9-8-14(23-18-9)16(21)22-10(2)15(20)12-4-6-13(7-5-12)17-11(3)19/h4-8,10H,1-3H3,(H,17,19)/t10-/m0/s1. The van der Waals surface area contributed by atoms with Crippen molar-refractivity contribution in [3.8, 4) is 0 Å². The van der Waals surface area contributed by atoms with Crippen molar-refractivity contribution in [2.75, 3.05) is 5.32 Å². The Bertz CT molecular complexity index is 733. The number of carbonyl (C=O) groups is 3. The molecule has 1 heterocycles. The number of nitrogens with zero attached hydrogens (tertiary/aromatic N) is 1. The summed E-state index contributed by atoms with van der Waals surface area (Å²) in [5, 5.41) is 6.19. The van der Waals surface area contributed by atoms with E-state index in [0.717, 1.165) is 0 Å². The number of hydrogen-bond donors (Lipinski definition) is 1. The van der Waals surface area contributed by atoms with E-state index in [1.807, 2.05) is 0 Å². The largest absolute Gasteiger partial charge is 0.448 e. The molecular weight excluding hydrogens is 300 g/mol. The molecule has 7 nitrogen and oxygen atoms in total. The molecule has 0 aliphatic rings. The highest BCUT2D eigenvalue weighted by Gasteiger charge is 2.22. The SMILES string of the molecule is CC(=O)Nc1ccc(C(=O)[C@H](C)OC(=O)c2cc(C)no2)cc1. The molecular formula is C16H16N2O5. The Morgan fingerprint density at radius 2 is 1.87 bits per heavy atom. The van der Waals surface area contributed by atoms with Crippen molar-refractivity contribution in [1.29, 1.82) is 0 Å². The van der Waals surface area contributed by atoms with Crippen LogP contribution in [0.1, 0.15) is 40.5 Å². The van der Waals surface area contributed by atoms with Gasteiger partial charge in [0.1, 0.15) is 0 Å². The smallest absolute Gasteiger partial charge is 0.377 e. The summed E-state index contributed by atoms with van der Waals surface area (Å²) >= 11 is 0. The molecule has 2 aromatic rings. The van der Waals surface area contributed by atoms with Crippen LogP contribution in [0.3, 0.4) is 0 Å². The molecule has 0 unspecified atom stereocenters. The third-order valence-electron chi connectivity index (χ3n) is 2.97. The maximum Gasteiger partial charge on any atom is 0.377 e. The first kappa shape index (κ1) is 16.4. The van der Waals surface area contributed by atoms with Gasteiger partial charge < -0.3 is 14.6 Å². The molecule has 1 aromatic carbocycles. The summed E-state index contributed by atoms with van der Waals surface area (Å²) in [5.74, 6) is -1.36. The maximum atomic E-state index is 12.2. The van der Waals surface area contributed by atoms with Gasteiger partial charge in [0, 0.05) is 24.2 Å². The molecule has 0 saturated carbocycles. The van der Waals surface area contributed by atoms with E-state index in [1.54, 1.807) is 31.2 Å². The van der Waals surface area contributed by atoms with E-state index < -0.39 is 12.1 Å². The topological polar surface area (TPSA) is 98.5 Å². The number of anilines is 1. The number of carbonyl (C=O) groups excluding carboxylic acids is 3. The highest BCUT2D eigenvalue weighted by atomic mass is 16.6. The molecule has 23 heavy (non-hydrogen) atoms. The lowest BCUT2D eigenvalue weighted by Crippen LogP contribution is -2.24. The van der Waals surface area contributed by atoms with Crippen molar-refractivity contribution < 1.29 is 23.6 Å². The Morgan fingerprint density at radius 3 is 2.39 bits per heavy atom. The average Bonchev–Trinajstić information content (AvgIpc) is 2.93. The molecule has 7 heteroatoms. The van der Waals surface area contributed by atoms with Gasteiger partial charge in [-0.15, -0.1) is 0 Å². The molecule has 0 aliphatic heterocycles. The van der Waals surface area contributed by atoms with Crippen LogP contribution in [0.4, 0.5) is 5.69 Å². The van der Waals surface area contributed by atoms with Crippen LogP contribution in [-0.4, -0.2) is 28.9 Å². The number of rotatable bonds is 5. The highest BCUT2D eigenvalue weighted by molar-refractivity contribution is 6.01. The Balaban J connectivity index is 2.01. The Hall–Kier alpha value is -2.96. The molecule has 120 valence electrons. The number of nitrogens with one attached hydrogen (secondary N) is 1. The molecule has 1 atom stereocenters. The lowest BCUT2D eigenvalue weighted by molar-refractivity contribution is -0.114. The molecule has 0 spiro atoms. The number of ketones is 1. The van der Waals surface area contributed by atoms with E-state index in [2.05, 4.69) is 10.5 Å². The van der Waals surface area contributed by atoms with Gasteiger partial charge in [-0.25, -0.2) is 4.79 Å². The average molecular weight is 316 g/mol. The van der Waals surface area contributed by atoms with E-state index in [0.29, 0.717) is 16.9 Å². The minimum Gasteiger partial charge on any atom is -0.448 e. The Kier molecular flexibility index (Phi) is 4.90. The van der Waals surface area contributed by atoms with Crippen LogP contribution in [0.2, 0.25) is 0 Å². The zero-order valence-corrected chi connectivity index (χ0v) is 13.0. The zero-order valence-electron chi connectivity index (χ0n) is 13.0. The van der Waals surface area contributed by atoms with Crippen molar-refractivity contribution in [3.05, 3.63) is 47.3 Å². The predicted octanol–water partition coefficient (Wildman–Crippen LogP) is 2.37. The summed E-state index contributed by atoms with van der Waals surface area (Å²) in [6.07, 6.45) is -0.973. The second-order valence-corrected chi connectivity index (χ2v) is 5.00. The third-order valence-corrected chi connectivity index (χ3v) is 2.97. The van der Waals surface area contributed by atoms with Crippen LogP contribution >= 0.6 is 0 Å². The van der Waals surface area contributed by atoms with E-state index in [4.69, 9.17) is 9.26 Å². The fourth-order valence-corrected chi connectivity index (χ4v) is 1.89. The normalized spacial score (nSPS) is 11.6. The minimum absolute atomic E-state index is 0.0526. The van der Waals surface area contributed by atoms with Crippen molar-refractivity contribution >= 4 is 23.3 Å². The summed E-state index contributed by atoms with van der Waals surface area (Å²) in [7, 11) is 0. The van der Waals surface area contributed by atoms with Gasteiger partial charge in [-0.05, 0) is 38.1 Å². The number of aryl methyl sites for hydroxylation is 1. The van der Waals surface area contributed by atoms with Gasteiger partial charge in [-0.2, -0.15) is 0 Å². The maximum absolute atomic E-state index is 12.2. The molecule has 0 fully saturated rings. The quantitative estimate of drug-likeness (QED) is 0.671. The lowest BCUT2D eigenvalue weighted by atomic mass is 10.1. The van der Waals surface area contributed by atoms with Gasteiger partial charge >= 0.3 is 5.97 Å². The van der Waals surface area contributed by atoms with Crippen LogP contribution < -0.4 is 5.32 Å². The fraction of sp³-hybridized carbons (Fsp3) is 0.250. The van der Waals surface area contributed by atoms with Crippen molar-refractivity contribution in [1.82, 2.24) is 5.16 Å². The van der Waals surface area contributed by atoms with Crippen LogP contribution in [-0.2, 0) is 9.53 Å². The van der Waals surface area contributed by atoms with E-state index in [9.17, 15) is 14.4 Å².